The van der Waals surface area contributed by atoms with Gasteiger partial charge in [-0.2, -0.15) is 0 Å². The molecule has 3 aromatic rings. The fourth-order valence-corrected chi connectivity index (χ4v) is 4.91. The number of amides is 4. The van der Waals surface area contributed by atoms with Gasteiger partial charge >= 0.3 is 6.03 Å². The number of carbonyl (C=O) groups excluding carboxylic acids is 3. The number of carbonyl (C=O) groups is 3. The van der Waals surface area contributed by atoms with E-state index in [1.54, 1.807) is 30.3 Å². The molecule has 0 aromatic heterocycles. The van der Waals surface area contributed by atoms with Crippen LogP contribution in [0.15, 0.2) is 60.2 Å². The topological polar surface area (TPSA) is 103 Å². The van der Waals surface area contributed by atoms with E-state index in [1.807, 2.05) is 38.1 Å². The number of barbiturate groups is 1. The Kier molecular flexibility index (Phi) is 9.87. The predicted octanol–water partition coefficient (Wildman–Crippen LogP) is 5.65. The minimum Gasteiger partial charge on any atom is -0.493 e. The van der Waals surface area contributed by atoms with Gasteiger partial charge in [0, 0.05) is 0 Å². The molecule has 1 aliphatic rings. The molecule has 0 bridgehead atoms. The summed E-state index contributed by atoms with van der Waals surface area (Å²) >= 11 is 2.12. The van der Waals surface area contributed by atoms with Crippen molar-refractivity contribution in [2.45, 2.75) is 33.4 Å². The summed E-state index contributed by atoms with van der Waals surface area (Å²) in [7, 11) is 3.04. The molecule has 1 saturated heterocycles. The Balaban J connectivity index is 1.56. The summed E-state index contributed by atoms with van der Waals surface area (Å²) in [6.07, 6.45) is 2.28. The van der Waals surface area contributed by atoms with Gasteiger partial charge < -0.3 is 18.9 Å². The van der Waals surface area contributed by atoms with E-state index in [9.17, 15) is 14.4 Å². The van der Waals surface area contributed by atoms with Crippen LogP contribution in [0.3, 0.4) is 0 Å². The molecule has 0 unspecified atom stereocenters. The largest absolute Gasteiger partial charge is 0.493 e. The van der Waals surface area contributed by atoms with Gasteiger partial charge in [0.25, 0.3) is 11.8 Å². The van der Waals surface area contributed by atoms with Gasteiger partial charge in [0.05, 0.1) is 30.9 Å². The standard InChI is InChI=1S/C31H31IN2O7/c1-5-12-40-25-11-10-21(15-26(25)38-3)17-34-30(36)23(29(35)33-31(34)37)13-22-14-24(32)28(27(16-22)39-4)41-18-20-8-6-19(2)7-9-20/h6-11,13-16H,5,12,17-18H2,1-4H3,(H,33,35,37)/b23-13+. The third-order valence-electron chi connectivity index (χ3n) is 6.28. The van der Waals surface area contributed by atoms with Crippen molar-refractivity contribution >= 4 is 46.5 Å². The average Bonchev–Trinajstić information content (AvgIpc) is 2.96. The zero-order chi connectivity index (χ0) is 29.5. The van der Waals surface area contributed by atoms with E-state index in [2.05, 4.69) is 27.9 Å². The Labute approximate surface area is 252 Å². The second-order valence-corrected chi connectivity index (χ2v) is 10.5. The van der Waals surface area contributed by atoms with Crippen molar-refractivity contribution in [3.63, 3.8) is 0 Å². The molecular formula is C31H31IN2O7. The lowest BCUT2D eigenvalue weighted by atomic mass is 10.1. The number of aryl methyl sites for hydroxylation is 1. The molecule has 10 heteroatoms. The van der Waals surface area contributed by atoms with Crippen LogP contribution in [0.2, 0.25) is 0 Å². The highest BCUT2D eigenvalue weighted by molar-refractivity contribution is 14.1. The summed E-state index contributed by atoms with van der Waals surface area (Å²) in [4.78, 5) is 39.7. The van der Waals surface area contributed by atoms with E-state index < -0.39 is 17.8 Å². The van der Waals surface area contributed by atoms with Crippen LogP contribution < -0.4 is 24.3 Å². The molecule has 41 heavy (non-hydrogen) atoms. The lowest BCUT2D eigenvalue weighted by molar-refractivity contribution is -0.130. The molecule has 3 aromatic carbocycles. The van der Waals surface area contributed by atoms with E-state index in [0.717, 1.165) is 26.0 Å². The molecule has 0 spiro atoms. The number of methoxy groups -OCH3 is 2. The maximum Gasteiger partial charge on any atom is 0.331 e. The molecule has 214 valence electrons. The number of nitrogens with one attached hydrogen (secondary N) is 1. The minimum absolute atomic E-state index is 0.0631. The molecule has 1 heterocycles. The molecule has 9 nitrogen and oxygen atoms in total. The van der Waals surface area contributed by atoms with Gasteiger partial charge in [-0.15, -0.1) is 0 Å². The number of benzene rings is 3. The summed E-state index contributed by atoms with van der Waals surface area (Å²) in [5.41, 5.74) is 3.17. The number of nitrogens with zero attached hydrogens (tertiary/aromatic N) is 1. The molecule has 0 radical (unpaired) electrons. The Morgan fingerprint density at radius 1 is 0.878 bits per heavy atom. The van der Waals surface area contributed by atoms with Crippen molar-refractivity contribution in [3.8, 4) is 23.0 Å². The number of ether oxygens (including phenoxy) is 4. The third-order valence-corrected chi connectivity index (χ3v) is 7.08. The molecule has 0 atom stereocenters. The van der Waals surface area contributed by atoms with Gasteiger partial charge in [0.15, 0.2) is 23.0 Å². The maximum atomic E-state index is 13.4. The van der Waals surface area contributed by atoms with Crippen LogP contribution in [0.4, 0.5) is 4.79 Å². The Morgan fingerprint density at radius 3 is 2.27 bits per heavy atom. The molecule has 1 N–H and O–H groups in total. The van der Waals surface area contributed by atoms with Crippen LogP contribution >= 0.6 is 22.6 Å². The molecule has 4 amide bonds. The fraction of sp³-hybridized carbons (Fsp3) is 0.258. The molecule has 1 aliphatic heterocycles. The highest BCUT2D eigenvalue weighted by atomic mass is 127. The Hall–Kier alpha value is -4.06. The maximum absolute atomic E-state index is 13.4. The summed E-state index contributed by atoms with van der Waals surface area (Å²) in [5.74, 6) is 0.568. The van der Waals surface area contributed by atoms with Crippen LogP contribution in [0.5, 0.6) is 23.0 Å². The van der Waals surface area contributed by atoms with Crippen molar-refractivity contribution in [1.29, 1.82) is 0 Å². The number of hydrogen-bond acceptors (Lipinski definition) is 7. The highest BCUT2D eigenvalue weighted by Crippen LogP contribution is 2.36. The Bertz CT molecular complexity index is 1480. The zero-order valence-electron chi connectivity index (χ0n) is 23.3. The lowest BCUT2D eigenvalue weighted by Gasteiger charge is -2.26. The first kappa shape index (κ1) is 29.9. The lowest BCUT2D eigenvalue weighted by Crippen LogP contribution is -2.53. The molecular weight excluding hydrogens is 639 g/mol. The first-order valence-electron chi connectivity index (χ1n) is 13.0. The van der Waals surface area contributed by atoms with E-state index >= 15 is 0 Å². The van der Waals surface area contributed by atoms with E-state index in [-0.39, 0.29) is 12.1 Å². The van der Waals surface area contributed by atoms with E-state index in [0.29, 0.717) is 47.3 Å². The third kappa shape index (κ3) is 7.18. The molecule has 4 rings (SSSR count). The number of imide groups is 2. The second kappa shape index (κ2) is 13.5. The average molecular weight is 671 g/mol. The van der Waals surface area contributed by atoms with Gasteiger partial charge in [-0.1, -0.05) is 42.8 Å². The Morgan fingerprint density at radius 2 is 1.59 bits per heavy atom. The van der Waals surface area contributed by atoms with Crippen LogP contribution in [-0.4, -0.2) is 43.6 Å². The quantitative estimate of drug-likeness (QED) is 0.160. The highest BCUT2D eigenvalue weighted by Gasteiger charge is 2.36. The first-order valence-corrected chi connectivity index (χ1v) is 14.1. The summed E-state index contributed by atoms with van der Waals surface area (Å²) in [6.45, 7) is 4.84. The number of urea groups is 1. The minimum atomic E-state index is -0.797. The van der Waals surface area contributed by atoms with E-state index in [4.69, 9.17) is 18.9 Å². The zero-order valence-corrected chi connectivity index (χ0v) is 25.4. The van der Waals surface area contributed by atoms with Gasteiger partial charge in [-0.3, -0.25) is 19.8 Å². The monoisotopic (exact) mass is 670 g/mol. The second-order valence-electron chi connectivity index (χ2n) is 9.35. The number of hydrogen-bond donors (Lipinski definition) is 1. The van der Waals surface area contributed by atoms with Crippen molar-refractivity contribution in [2.24, 2.45) is 0 Å². The van der Waals surface area contributed by atoms with Crippen molar-refractivity contribution in [1.82, 2.24) is 10.2 Å². The molecule has 1 fully saturated rings. The van der Waals surface area contributed by atoms with Crippen LogP contribution in [-0.2, 0) is 22.7 Å². The van der Waals surface area contributed by atoms with Crippen LogP contribution in [0.1, 0.15) is 35.6 Å². The van der Waals surface area contributed by atoms with Gasteiger partial charge in [0.1, 0.15) is 12.2 Å². The smallest absolute Gasteiger partial charge is 0.331 e. The van der Waals surface area contributed by atoms with Crippen molar-refractivity contribution in [2.75, 3.05) is 20.8 Å². The van der Waals surface area contributed by atoms with Crippen molar-refractivity contribution < 1.29 is 33.3 Å². The molecule has 0 aliphatic carbocycles. The van der Waals surface area contributed by atoms with Gasteiger partial charge in [0.2, 0.25) is 0 Å². The summed E-state index contributed by atoms with van der Waals surface area (Å²) < 4.78 is 23.4. The SMILES string of the molecule is CCCOc1ccc(CN2C(=O)NC(=O)/C(=C\c3cc(I)c(OCc4ccc(C)cc4)c(OC)c3)C2=O)cc1OC. The summed E-state index contributed by atoms with van der Waals surface area (Å²) in [6, 6.07) is 15.9. The van der Waals surface area contributed by atoms with Crippen LogP contribution in [0, 0.1) is 10.5 Å². The first-order chi connectivity index (χ1) is 19.7. The number of rotatable bonds is 11. The van der Waals surface area contributed by atoms with Crippen molar-refractivity contribution in [3.05, 3.63) is 86.0 Å². The fourth-order valence-electron chi connectivity index (χ4n) is 4.13. The van der Waals surface area contributed by atoms with Crippen LogP contribution in [0.25, 0.3) is 6.08 Å². The summed E-state index contributed by atoms with van der Waals surface area (Å²) in [5, 5.41) is 2.26. The van der Waals surface area contributed by atoms with Gasteiger partial charge in [-0.25, -0.2) is 4.79 Å². The van der Waals surface area contributed by atoms with E-state index in [1.165, 1.54) is 20.3 Å². The number of halogens is 1. The van der Waals surface area contributed by atoms with Gasteiger partial charge in [-0.05, 0) is 83.0 Å². The molecule has 0 saturated carbocycles. The normalized spacial score (nSPS) is 14.2. The predicted molar refractivity (Wildman–Crippen MR) is 162 cm³/mol.